The predicted molar refractivity (Wildman–Crippen MR) is 253 cm³/mol. The number of nitrogens with one attached hydrogen (secondary N) is 2. The van der Waals surface area contributed by atoms with Crippen molar-refractivity contribution in [3.05, 3.63) is 29.8 Å². The van der Waals surface area contributed by atoms with E-state index in [2.05, 4.69) is 10.6 Å². The smallest absolute Gasteiger partial charge is 0.407 e. The average molecular weight is 982 g/mol. The second-order valence-corrected chi connectivity index (χ2v) is 20.3. The van der Waals surface area contributed by atoms with Crippen molar-refractivity contribution in [2.24, 2.45) is 23.7 Å². The van der Waals surface area contributed by atoms with Gasteiger partial charge in [0.05, 0.1) is 49.1 Å². The second-order valence-electron chi connectivity index (χ2n) is 20.3. The molecule has 0 saturated carbocycles. The van der Waals surface area contributed by atoms with Gasteiger partial charge in [-0.2, -0.15) is 0 Å². The number of ketones is 1. The number of aliphatic hydroxyl groups is 3. The molecule has 3 aliphatic heterocycles. The van der Waals surface area contributed by atoms with Gasteiger partial charge in [-0.15, -0.1) is 0 Å². The van der Waals surface area contributed by atoms with Crippen LogP contribution >= 0.6 is 0 Å². The Labute approximate surface area is 408 Å². The van der Waals surface area contributed by atoms with E-state index in [1.807, 2.05) is 45.0 Å². The van der Waals surface area contributed by atoms with Crippen LogP contribution in [0.25, 0.3) is 0 Å². The molecule has 2 amide bonds. The molecule has 3 fully saturated rings. The van der Waals surface area contributed by atoms with Crippen LogP contribution in [0.4, 0.5) is 4.79 Å². The fourth-order valence-electron chi connectivity index (χ4n) is 10.3. The van der Waals surface area contributed by atoms with Crippen molar-refractivity contribution in [3.63, 3.8) is 0 Å². The van der Waals surface area contributed by atoms with Crippen LogP contribution in [-0.4, -0.2) is 170 Å². The van der Waals surface area contributed by atoms with Gasteiger partial charge in [-0.05, 0) is 92.6 Å². The van der Waals surface area contributed by atoms with Gasteiger partial charge in [0.25, 0.3) is 0 Å². The summed E-state index contributed by atoms with van der Waals surface area (Å²) in [4.78, 5) is 56.4. The molecule has 0 aromatic heterocycles. The number of benzene rings is 1. The van der Waals surface area contributed by atoms with Crippen LogP contribution in [0, 0.1) is 23.7 Å². The number of carbonyl (C=O) groups is 4. The normalized spacial score (nSPS) is 39.5. The van der Waals surface area contributed by atoms with Crippen molar-refractivity contribution in [1.82, 2.24) is 15.5 Å². The number of cyclic esters (lactones) is 1. The molecule has 69 heavy (non-hydrogen) atoms. The topological polar surface area (TPSA) is 239 Å². The van der Waals surface area contributed by atoms with Gasteiger partial charge in [0.15, 0.2) is 18.7 Å². The Morgan fingerprint density at radius 2 is 1.48 bits per heavy atom. The molecule has 0 unspecified atom stereocenters. The summed E-state index contributed by atoms with van der Waals surface area (Å²) in [5.41, 5.74) is -3.67. The van der Waals surface area contributed by atoms with Gasteiger partial charge in [0.2, 0.25) is 5.91 Å². The Hall–Kier alpha value is -3.50. The highest BCUT2D eigenvalue weighted by Gasteiger charge is 2.55. The molecule has 4 rings (SSSR count). The molecule has 19 nitrogen and oxygen atoms in total. The molecule has 0 aliphatic carbocycles. The van der Waals surface area contributed by atoms with E-state index in [1.165, 1.54) is 28.1 Å². The third-order valence-corrected chi connectivity index (χ3v) is 14.7. The summed E-state index contributed by atoms with van der Waals surface area (Å²) in [6, 6.07) is 6.96. The highest BCUT2D eigenvalue weighted by Crippen LogP contribution is 2.42. The Morgan fingerprint density at radius 1 is 0.855 bits per heavy atom. The first-order valence-electron chi connectivity index (χ1n) is 24.3. The van der Waals surface area contributed by atoms with Crippen LogP contribution in [0.1, 0.15) is 107 Å². The lowest BCUT2D eigenvalue weighted by atomic mass is 9.74. The average Bonchev–Trinajstić information content (AvgIpc) is 3.31. The number of rotatable bonds is 15. The lowest BCUT2D eigenvalue weighted by molar-refractivity contribution is -0.319. The molecule has 0 spiro atoms. The largest absolute Gasteiger partial charge is 0.497 e. The fourth-order valence-corrected chi connectivity index (χ4v) is 10.3. The number of alkyl carbamates (subject to hydrolysis) is 1. The molecule has 5 N–H and O–H groups in total. The van der Waals surface area contributed by atoms with E-state index >= 15 is 0 Å². The Balaban J connectivity index is 1.64. The molecule has 3 heterocycles. The van der Waals surface area contributed by atoms with E-state index in [0.717, 1.165) is 5.56 Å². The molecule has 0 bridgehead atoms. The van der Waals surface area contributed by atoms with Crippen molar-refractivity contribution in [2.45, 2.75) is 192 Å². The monoisotopic (exact) mass is 982 g/mol. The number of carbonyl (C=O) groups excluding carboxylic acids is 4. The quantitative estimate of drug-likeness (QED) is 0.157. The van der Waals surface area contributed by atoms with Gasteiger partial charge >= 0.3 is 12.1 Å². The van der Waals surface area contributed by atoms with Gasteiger partial charge in [-0.25, -0.2) is 4.79 Å². The summed E-state index contributed by atoms with van der Waals surface area (Å²) in [6.45, 7) is 17.2. The SMILES string of the molecule is CC[C@H]1OC(=O)[C@H](C)[C@@H](O[C@H]2C[C@@](C)(OC)[C@@H](OC(=O)NCCC(=O)NCc3ccc(OC)cc3)[C@H](C)O2)[C@H](C)[C@@H](O[C@@H]2O[C@H](C)C[C@H](N(C)C)[C@H]2O)[C@@](C)(OC)C[C@@H](C)C(=O)[C@H](C)[C@@H](O)[C@]1(C)O. The summed E-state index contributed by atoms with van der Waals surface area (Å²) in [6.07, 6.45) is -10.5. The van der Waals surface area contributed by atoms with Gasteiger partial charge in [-0.3, -0.25) is 14.4 Å². The molecule has 3 saturated heterocycles. The van der Waals surface area contributed by atoms with Crippen molar-refractivity contribution >= 4 is 23.8 Å². The number of hydrogen-bond acceptors (Lipinski definition) is 17. The van der Waals surface area contributed by atoms with Crippen LogP contribution in [0.2, 0.25) is 0 Å². The highest BCUT2D eigenvalue weighted by molar-refractivity contribution is 5.83. The van der Waals surface area contributed by atoms with Crippen molar-refractivity contribution in [2.75, 3.05) is 42.0 Å². The van der Waals surface area contributed by atoms with Gasteiger partial charge < -0.3 is 73.5 Å². The first-order valence-corrected chi connectivity index (χ1v) is 24.3. The van der Waals surface area contributed by atoms with Crippen LogP contribution in [0.3, 0.4) is 0 Å². The van der Waals surface area contributed by atoms with E-state index in [4.69, 9.17) is 42.6 Å². The third-order valence-electron chi connectivity index (χ3n) is 14.7. The molecule has 18 atom stereocenters. The summed E-state index contributed by atoms with van der Waals surface area (Å²) < 4.78 is 56.0. The third kappa shape index (κ3) is 14.1. The Bertz CT molecular complexity index is 1840. The maximum absolute atomic E-state index is 14.5. The molecule has 3 aliphatic rings. The molecule has 0 radical (unpaired) electrons. The van der Waals surface area contributed by atoms with Crippen molar-refractivity contribution < 1.29 is 77.1 Å². The summed E-state index contributed by atoms with van der Waals surface area (Å²) in [5.74, 6) is -4.41. The maximum Gasteiger partial charge on any atom is 0.407 e. The zero-order chi connectivity index (χ0) is 51.8. The molecule has 394 valence electrons. The van der Waals surface area contributed by atoms with E-state index in [9.17, 15) is 34.5 Å². The minimum atomic E-state index is -2.02. The number of esters is 1. The van der Waals surface area contributed by atoms with Crippen LogP contribution < -0.4 is 15.4 Å². The first-order chi connectivity index (χ1) is 32.3. The van der Waals surface area contributed by atoms with Gasteiger partial charge in [-0.1, -0.05) is 39.8 Å². The van der Waals surface area contributed by atoms with Crippen LogP contribution in [0.15, 0.2) is 24.3 Å². The standard InChI is InChI=1S/C50H83N3O16/c1-16-36-50(10,60)42(57)29(4)39(55)27(2)24-48(8,62-14)43(68-46-40(56)35(53(11)12)23-28(3)64-46)30(5)41(31(6)45(58)66-36)67-38-25-49(9,63-15)44(32(7)65-38)69-47(59)51-22-21-37(54)52-26-33-17-19-34(61-13)20-18-33/h17-20,27-32,35-36,38,40-44,46,56-57,60H,16,21-26H2,1-15H3,(H,51,59)(H,52,54)/t27-,28-,29+,30+,31-,32+,35+,36-,38+,40-,41+,42-,43-,44+,46+,48+,49-,50-/m1/s1. The highest BCUT2D eigenvalue weighted by atomic mass is 16.7. The first kappa shape index (κ1) is 58.1. The number of ether oxygens (including phenoxy) is 9. The van der Waals surface area contributed by atoms with Crippen molar-refractivity contribution in [1.29, 1.82) is 0 Å². The van der Waals surface area contributed by atoms with E-state index in [0.29, 0.717) is 18.7 Å². The number of likely N-dealkylation sites (N-methyl/N-ethyl adjacent to an activating group) is 1. The summed E-state index contributed by atoms with van der Waals surface area (Å²) in [7, 11) is 8.26. The molecular weight excluding hydrogens is 899 g/mol. The number of amides is 2. The maximum atomic E-state index is 14.5. The fraction of sp³-hybridized carbons (Fsp3) is 0.800. The second kappa shape index (κ2) is 24.8. The zero-order valence-corrected chi connectivity index (χ0v) is 43.5. The number of aliphatic hydroxyl groups excluding tert-OH is 2. The molecular formula is C50H83N3O16. The van der Waals surface area contributed by atoms with Crippen LogP contribution in [-0.2, 0) is 58.8 Å². The lowest BCUT2D eigenvalue weighted by Crippen LogP contribution is -2.62. The lowest BCUT2D eigenvalue weighted by Gasteiger charge is -2.50. The minimum Gasteiger partial charge on any atom is -0.497 e. The number of hydrogen-bond donors (Lipinski definition) is 5. The predicted octanol–water partition coefficient (Wildman–Crippen LogP) is 3.89. The van der Waals surface area contributed by atoms with Gasteiger partial charge in [0, 0.05) is 63.9 Å². The van der Waals surface area contributed by atoms with E-state index < -0.39 is 108 Å². The van der Waals surface area contributed by atoms with Crippen molar-refractivity contribution in [3.8, 4) is 5.75 Å². The minimum absolute atomic E-state index is 0.000978. The Kier molecular flexibility index (Phi) is 20.8. The number of Topliss-reactive ketones (excluding diaryl/α,β-unsaturated/α-hetero) is 1. The van der Waals surface area contributed by atoms with E-state index in [1.54, 1.807) is 60.8 Å². The van der Waals surface area contributed by atoms with E-state index in [-0.39, 0.29) is 56.1 Å². The molecule has 1 aromatic rings. The zero-order valence-electron chi connectivity index (χ0n) is 43.5. The van der Waals surface area contributed by atoms with Crippen LogP contribution in [0.5, 0.6) is 5.75 Å². The molecule has 19 heteroatoms. The summed E-state index contributed by atoms with van der Waals surface area (Å²) >= 11 is 0. The Morgan fingerprint density at radius 3 is 2.06 bits per heavy atom. The summed E-state index contributed by atoms with van der Waals surface area (Å²) in [5, 5.41) is 40.6. The number of nitrogens with zero attached hydrogens (tertiary/aromatic N) is 1. The number of methoxy groups -OCH3 is 3. The molecule has 1 aromatic carbocycles. The van der Waals surface area contributed by atoms with Gasteiger partial charge in [0.1, 0.15) is 34.9 Å².